The van der Waals surface area contributed by atoms with E-state index < -0.39 is 5.60 Å². The van der Waals surface area contributed by atoms with Crippen LogP contribution in [0.5, 0.6) is 0 Å². The lowest BCUT2D eigenvalue weighted by Gasteiger charge is -2.38. The van der Waals surface area contributed by atoms with Gasteiger partial charge in [-0.25, -0.2) is 4.79 Å². The Morgan fingerprint density at radius 1 is 1.23 bits per heavy atom. The molecule has 1 heterocycles. The number of amides is 1. The monoisotopic (exact) mass is 302 g/mol. The van der Waals surface area contributed by atoms with Gasteiger partial charge in [0.15, 0.2) is 0 Å². The predicted octanol–water partition coefficient (Wildman–Crippen LogP) is 3.45. The molecule has 4 heteroatoms. The molecule has 120 valence electrons. The first-order chi connectivity index (χ1) is 10.5. The van der Waals surface area contributed by atoms with E-state index in [1.807, 2.05) is 25.7 Å². The maximum absolute atomic E-state index is 12.6. The summed E-state index contributed by atoms with van der Waals surface area (Å²) in [6.07, 6.45) is 2.33. The van der Waals surface area contributed by atoms with Crippen LogP contribution in [-0.4, -0.2) is 36.2 Å². The Balaban J connectivity index is 1.85. The van der Waals surface area contributed by atoms with Crippen molar-refractivity contribution in [2.45, 2.75) is 51.2 Å². The Morgan fingerprint density at radius 3 is 2.55 bits per heavy atom. The smallest absolute Gasteiger partial charge is 0.410 e. The molecule has 0 bridgehead atoms. The molecule has 1 saturated heterocycles. The van der Waals surface area contributed by atoms with Gasteiger partial charge in [0.2, 0.25) is 0 Å². The van der Waals surface area contributed by atoms with Crippen molar-refractivity contribution in [2.24, 2.45) is 0 Å². The first kappa shape index (κ1) is 15.3. The third kappa shape index (κ3) is 3.43. The van der Waals surface area contributed by atoms with E-state index in [9.17, 15) is 4.79 Å². The predicted molar refractivity (Wildman–Crippen MR) is 87.0 cm³/mol. The second kappa shape index (κ2) is 5.92. The molecule has 1 unspecified atom stereocenters. The number of ether oxygens (including phenoxy) is 1. The van der Waals surface area contributed by atoms with Crippen LogP contribution < -0.4 is 5.32 Å². The van der Waals surface area contributed by atoms with Crippen LogP contribution in [0.1, 0.15) is 56.7 Å². The van der Waals surface area contributed by atoms with E-state index in [4.69, 9.17) is 4.74 Å². The van der Waals surface area contributed by atoms with Gasteiger partial charge in [0.05, 0.1) is 6.04 Å². The second-order valence-electron chi connectivity index (χ2n) is 7.30. The summed E-state index contributed by atoms with van der Waals surface area (Å²) in [5.41, 5.74) is 2.23. The summed E-state index contributed by atoms with van der Waals surface area (Å²) in [6.45, 7) is 8.06. The first-order valence-electron chi connectivity index (χ1n) is 8.25. The van der Waals surface area contributed by atoms with E-state index in [2.05, 4.69) is 29.6 Å². The maximum Gasteiger partial charge on any atom is 0.410 e. The Kier molecular flexibility index (Phi) is 4.13. The van der Waals surface area contributed by atoms with Crippen molar-refractivity contribution in [3.8, 4) is 0 Å². The topological polar surface area (TPSA) is 41.6 Å². The van der Waals surface area contributed by atoms with E-state index in [0.717, 1.165) is 13.1 Å². The molecular weight excluding hydrogens is 276 g/mol. The third-order valence-electron chi connectivity index (χ3n) is 4.24. The lowest BCUT2D eigenvalue weighted by atomic mass is 9.95. The van der Waals surface area contributed by atoms with Crippen molar-refractivity contribution in [1.82, 2.24) is 10.2 Å². The number of hydrogen-bond donors (Lipinski definition) is 1. The molecule has 1 aromatic rings. The first-order valence-corrected chi connectivity index (χ1v) is 8.25. The molecule has 3 rings (SSSR count). The van der Waals surface area contributed by atoms with Gasteiger partial charge in [-0.15, -0.1) is 0 Å². The molecule has 0 aromatic heterocycles. The molecule has 1 atom stereocenters. The van der Waals surface area contributed by atoms with Crippen LogP contribution in [0.4, 0.5) is 4.79 Å². The summed E-state index contributed by atoms with van der Waals surface area (Å²) >= 11 is 0. The fourth-order valence-corrected chi connectivity index (χ4v) is 3.10. The molecule has 1 aromatic carbocycles. The third-order valence-corrected chi connectivity index (χ3v) is 4.24. The summed E-state index contributed by atoms with van der Waals surface area (Å²) in [5, 5.41) is 3.42. The molecular formula is C18H26N2O2. The molecule has 1 aliphatic heterocycles. The Hall–Kier alpha value is -1.55. The minimum atomic E-state index is -0.456. The van der Waals surface area contributed by atoms with Crippen molar-refractivity contribution < 1.29 is 9.53 Å². The van der Waals surface area contributed by atoms with Crippen LogP contribution >= 0.6 is 0 Å². The number of rotatable bonds is 2. The van der Waals surface area contributed by atoms with Crippen LogP contribution in [0, 0.1) is 0 Å². The standard InChI is InChI=1S/C18H26N2O2/c1-18(2,3)22-17(21)20-11-10-19-12-16(20)15-7-5-4-6-14(15)13-8-9-13/h4-7,13,16,19H,8-12H2,1-3H3. The van der Waals surface area contributed by atoms with Crippen molar-refractivity contribution >= 4 is 6.09 Å². The average Bonchev–Trinajstić information content (AvgIpc) is 3.30. The molecule has 2 aliphatic rings. The quantitative estimate of drug-likeness (QED) is 0.910. The molecule has 1 saturated carbocycles. The Morgan fingerprint density at radius 2 is 1.91 bits per heavy atom. The lowest BCUT2D eigenvalue weighted by molar-refractivity contribution is 0.0117. The fourth-order valence-electron chi connectivity index (χ4n) is 3.10. The number of carbonyl (C=O) groups excluding carboxylic acids is 1. The van der Waals surface area contributed by atoms with Gasteiger partial charge in [0, 0.05) is 19.6 Å². The van der Waals surface area contributed by atoms with Crippen molar-refractivity contribution in [2.75, 3.05) is 19.6 Å². The molecule has 0 spiro atoms. The van der Waals surface area contributed by atoms with Gasteiger partial charge < -0.3 is 10.1 Å². The van der Waals surface area contributed by atoms with Crippen LogP contribution in [0.2, 0.25) is 0 Å². The second-order valence-corrected chi connectivity index (χ2v) is 7.30. The van der Waals surface area contributed by atoms with E-state index in [1.165, 1.54) is 24.0 Å². The van der Waals surface area contributed by atoms with Gasteiger partial charge in [-0.2, -0.15) is 0 Å². The Bertz CT molecular complexity index is 546. The largest absolute Gasteiger partial charge is 0.444 e. The minimum absolute atomic E-state index is 0.0698. The van der Waals surface area contributed by atoms with E-state index in [-0.39, 0.29) is 12.1 Å². The molecule has 1 amide bonds. The van der Waals surface area contributed by atoms with Crippen molar-refractivity contribution in [1.29, 1.82) is 0 Å². The van der Waals surface area contributed by atoms with Crippen LogP contribution in [0.15, 0.2) is 24.3 Å². The zero-order chi connectivity index (χ0) is 15.7. The highest BCUT2D eigenvalue weighted by atomic mass is 16.6. The fraction of sp³-hybridized carbons (Fsp3) is 0.611. The molecule has 2 fully saturated rings. The summed E-state index contributed by atoms with van der Waals surface area (Å²) in [4.78, 5) is 14.5. The SMILES string of the molecule is CC(C)(C)OC(=O)N1CCNCC1c1ccccc1C1CC1. The molecule has 4 nitrogen and oxygen atoms in total. The average molecular weight is 302 g/mol. The van der Waals surface area contributed by atoms with Crippen LogP contribution in [0.25, 0.3) is 0 Å². The van der Waals surface area contributed by atoms with Gasteiger partial charge >= 0.3 is 6.09 Å². The van der Waals surface area contributed by atoms with Crippen LogP contribution in [-0.2, 0) is 4.74 Å². The van der Waals surface area contributed by atoms with E-state index in [1.54, 1.807) is 0 Å². The molecule has 1 aliphatic carbocycles. The van der Waals surface area contributed by atoms with E-state index >= 15 is 0 Å². The highest BCUT2D eigenvalue weighted by molar-refractivity contribution is 5.69. The number of hydrogen-bond acceptors (Lipinski definition) is 3. The normalized spacial score (nSPS) is 22.5. The maximum atomic E-state index is 12.6. The number of nitrogens with one attached hydrogen (secondary N) is 1. The number of benzene rings is 1. The summed E-state index contributed by atoms with van der Waals surface area (Å²) in [7, 11) is 0. The van der Waals surface area contributed by atoms with E-state index in [0.29, 0.717) is 12.5 Å². The van der Waals surface area contributed by atoms with Gasteiger partial charge in [0.25, 0.3) is 0 Å². The van der Waals surface area contributed by atoms with Gasteiger partial charge in [-0.05, 0) is 50.7 Å². The zero-order valence-corrected chi connectivity index (χ0v) is 13.8. The minimum Gasteiger partial charge on any atom is -0.444 e. The van der Waals surface area contributed by atoms with Crippen LogP contribution in [0.3, 0.4) is 0 Å². The van der Waals surface area contributed by atoms with Gasteiger partial charge in [-0.1, -0.05) is 24.3 Å². The van der Waals surface area contributed by atoms with Crippen molar-refractivity contribution in [3.63, 3.8) is 0 Å². The molecule has 0 radical (unpaired) electrons. The number of piperazine rings is 1. The van der Waals surface area contributed by atoms with Gasteiger partial charge in [-0.3, -0.25) is 4.90 Å². The summed E-state index contributed by atoms with van der Waals surface area (Å²) in [6, 6.07) is 8.63. The van der Waals surface area contributed by atoms with Crippen molar-refractivity contribution in [3.05, 3.63) is 35.4 Å². The summed E-state index contributed by atoms with van der Waals surface area (Å²) in [5.74, 6) is 0.679. The zero-order valence-electron chi connectivity index (χ0n) is 13.8. The summed E-state index contributed by atoms with van der Waals surface area (Å²) < 4.78 is 5.60. The molecule has 22 heavy (non-hydrogen) atoms. The highest BCUT2D eigenvalue weighted by Gasteiger charge is 2.35. The lowest BCUT2D eigenvalue weighted by Crippen LogP contribution is -2.50. The highest BCUT2D eigenvalue weighted by Crippen LogP contribution is 2.44. The molecule has 1 N–H and O–H groups in total. The number of carbonyl (C=O) groups is 1. The Labute approximate surface area is 132 Å². The number of nitrogens with zero attached hydrogens (tertiary/aromatic N) is 1. The van der Waals surface area contributed by atoms with Gasteiger partial charge in [0.1, 0.15) is 5.60 Å².